The molecule has 4 rings (SSSR count). The van der Waals surface area contributed by atoms with Crippen LogP contribution in [0, 0.1) is 5.92 Å². The number of aromatic amines is 1. The van der Waals surface area contributed by atoms with Gasteiger partial charge < -0.3 is 24.8 Å². The molecule has 1 aromatic heterocycles. The van der Waals surface area contributed by atoms with E-state index >= 15 is 0 Å². The number of carboxylic acids is 2. The SMILES string of the molecule is CC(C)(C)OC(=O)N1CCC(C(C(=O)O)N2CCC(c3c(C(=O)O)[nH]c4ccccc34)CC2)CC1. The molecule has 2 fully saturated rings. The lowest BCUT2D eigenvalue weighted by Gasteiger charge is -2.42. The molecule has 1 unspecified atom stereocenters. The number of hydrogen-bond donors (Lipinski definition) is 3. The molecule has 3 heterocycles. The Bertz CT molecular complexity index is 1090. The number of aliphatic carboxylic acids is 1. The lowest BCUT2D eigenvalue weighted by Crippen LogP contribution is -2.52. The number of ether oxygens (including phenoxy) is 1. The number of carboxylic acid groups (broad SMARTS) is 2. The summed E-state index contributed by atoms with van der Waals surface area (Å²) in [5, 5.41) is 20.8. The number of H-pyrrole nitrogens is 1. The number of aromatic nitrogens is 1. The van der Waals surface area contributed by atoms with Crippen LogP contribution in [-0.2, 0) is 9.53 Å². The van der Waals surface area contributed by atoms with Crippen LogP contribution < -0.4 is 0 Å². The second-order valence-corrected chi connectivity index (χ2v) is 10.7. The summed E-state index contributed by atoms with van der Waals surface area (Å²) >= 11 is 0. The van der Waals surface area contributed by atoms with Crippen LogP contribution in [0.5, 0.6) is 0 Å². The van der Waals surface area contributed by atoms with Gasteiger partial charge in [-0.15, -0.1) is 0 Å². The van der Waals surface area contributed by atoms with E-state index in [1.165, 1.54) is 0 Å². The summed E-state index contributed by atoms with van der Waals surface area (Å²) in [6.45, 7) is 7.64. The van der Waals surface area contributed by atoms with Crippen molar-refractivity contribution in [2.24, 2.45) is 5.92 Å². The van der Waals surface area contributed by atoms with E-state index in [0.717, 1.165) is 16.5 Å². The average Bonchev–Trinajstić information content (AvgIpc) is 3.19. The monoisotopic (exact) mass is 485 g/mol. The fraction of sp³-hybridized carbons (Fsp3) is 0.577. The summed E-state index contributed by atoms with van der Waals surface area (Å²) in [5.74, 6) is -1.81. The quantitative estimate of drug-likeness (QED) is 0.581. The zero-order valence-corrected chi connectivity index (χ0v) is 20.6. The van der Waals surface area contributed by atoms with Crippen molar-refractivity contribution in [2.75, 3.05) is 26.2 Å². The van der Waals surface area contributed by atoms with Crippen molar-refractivity contribution in [1.29, 1.82) is 0 Å². The van der Waals surface area contributed by atoms with Crippen LogP contribution in [0.1, 0.15) is 68.4 Å². The van der Waals surface area contributed by atoms with Gasteiger partial charge in [-0.3, -0.25) is 9.69 Å². The summed E-state index contributed by atoms with van der Waals surface area (Å²) < 4.78 is 5.46. The Balaban J connectivity index is 1.42. The maximum atomic E-state index is 12.4. The highest BCUT2D eigenvalue weighted by molar-refractivity contribution is 5.97. The summed E-state index contributed by atoms with van der Waals surface area (Å²) in [6, 6.07) is 6.99. The number of likely N-dealkylation sites (tertiary alicyclic amines) is 2. The highest BCUT2D eigenvalue weighted by Crippen LogP contribution is 2.37. The predicted octanol–water partition coefficient (Wildman–Crippen LogP) is 4.15. The molecule has 35 heavy (non-hydrogen) atoms. The highest BCUT2D eigenvalue weighted by Gasteiger charge is 2.39. The Morgan fingerprint density at radius 3 is 2.20 bits per heavy atom. The third-order valence-electron chi connectivity index (χ3n) is 7.18. The number of nitrogens with zero attached hydrogens (tertiary/aromatic N) is 2. The van der Waals surface area contributed by atoms with Gasteiger partial charge in [0.05, 0.1) is 0 Å². The smallest absolute Gasteiger partial charge is 0.410 e. The van der Waals surface area contributed by atoms with Gasteiger partial charge in [0.25, 0.3) is 0 Å². The number of benzene rings is 1. The standard InChI is InChI=1S/C26H35N3O6/c1-26(2,3)35-25(34)29-14-10-17(11-15-29)22(24(32)33)28-12-8-16(9-13-28)20-18-6-4-5-7-19(18)27-21(20)23(30)31/h4-7,16-17,22,27H,8-15H2,1-3H3,(H,30,31)(H,32,33). The minimum absolute atomic E-state index is 0.0505. The Kier molecular flexibility index (Phi) is 7.07. The second-order valence-electron chi connectivity index (χ2n) is 10.7. The van der Waals surface area contributed by atoms with Crippen molar-refractivity contribution in [3.05, 3.63) is 35.5 Å². The zero-order valence-electron chi connectivity index (χ0n) is 20.6. The molecular weight excluding hydrogens is 450 g/mol. The van der Waals surface area contributed by atoms with Gasteiger partial charge in [0.15, 0.2) is 0 Å². The molecule has 0 aliphatic carbocycles. The minimum atomic E-state index is -0.973. The van der Waals surface area contributed by atoms with Crippen molar-refractivity contribution >= 4 is 28.9 Å². The normalized spacial score (nSPS) is 19.6. The highest BCUT2D eigenvalue weighted by atomic mass is 16.6. The molecule has 2 aliphatic rings. The Labute approximate surface area is 205 Å². The molecule has 9 heteroatoms. The molecule has 1 atom stereocenters. The first kappa shape index (κ1) is 25.0. The molecule has 0 saturated carbocycles. The molecule has 2 saturated heterocycles. The first-order chi connectivity index (χ1) is 16.5. The van der Waals surface area contributed by atoms with Crippen LogP contribution in [0.25, 0.3) is 10.9 Å². The maximum Gasteiger partial charge on any atom is 0.410 e. The van der Waals surface area contributed by atoms with Crippen molar-refractivity contribution in [1.82, 2.24) is 14.8 Å². The van der Waals surface area contributed by atoms with E-state index in [-0.39, 0.29) is 23.6 Å². The number of aromatic carboxylic acids is 1. The van der Waals surface area contributed by atoms with Crippen molar-refractivity contribution in [3.63, 3.8) is 0 Å². The molecule has 0 spiro atoms. The van der Waals surface area contributed by atoms with Crippen LogP contribution >= 0.6 is 0 Å². The number of carbonyl (C=O) groups is 3. The maximum absolute atomic E-state index is 12.4. The van der Waals surface area contributed by atoms with Gasteiger partial charge in [-0.25, -0.2) is 9.59 Å². The summed E-state index contributed by atoms with van der Waals surface area (Å²) in [6.07, 6.45) is 2.27. The van der Waals surface area contributed by atoms with E-state index in [9.17, 15) is 24.6 Å². The number of fused-ring (bicyclic) bond motifs is 1. The molecule has 1 aromatic carbocycles. The van der Waals surface area contributed by atoms with Gasteiger partial charge in [0.1, 0.15) is 17.3 Å². The minimum Gasteiger partial charge on any atom is -0.480 e. The van der Waals surface area contributed by atoms with Crippen LogP contribution in [-0.4, -0.2) is 80.9 Å². The Morgan fingerprint density at radius 1 is 1.00 bits per heavy atom. The molecule has 0 radical (unpaired) electrons. The Morgan fingerprint density at radius 2 is 1.63 bits per heavy atom. The third-order valence-corrected chi connectivity index (χ3v) is 7.18. The summed E-state index contributed by atoms with van der Waals surface area (Å²) in [4.78, 5) is 43.3. The van der Waals surface area contributed by atoms with Crippen LogP contribution in [0.2, 0.25) is 0 Å². The van der Waals surface area contributed by atoms with Crippen LogP contribution in [0.3, 0.4) is 0 Å². The first-order valence-corrected chi connectivity index (χ1v) is 12.3. The number of piperidine rings is 2. The van der Waals surface area contributed by atoms with Crippen LogP contribution in [0.15, 0.2) is 24.3 Å². The largest absolute Gasteiger partial charge is 0.480 e. The van der Waals surface area contributed by atoms with E-state index < -0.39 is 23.6 Å². The molecule has 190 valence electrons. The fourth-order valence-electron chi connectivity index (χ4n) is 5.60. The fourth-order valence-corrected chi connectivity index (χ4v) is 5.60. The van der Waals surface area contributed by atoms with Gasteiger partial charge in [-0.1, -0.05) is 18.2 Å². The average molecular weight is 486 g/mol. The van der Waals surface area contributed by atoms with Gasteiger partial charge >= 0.3 is 18.0 Å². The molecule has 2 aromatic rings. The Hall–Kier alpha value is -3.07. The number of carbonyl (C=O) groups excluding carboxylic acids is 1. The number of para-hydroxylation sites is 1. The number of rotatable bonds is 5. The van der Waals surface area contributed by atoms with E-state index in [1.807, 2.05) is 49.9 Å². The van der Waals surface area contributed by atoms with Crippen molar-refractivity contribution in [2.45, 2.75) is 64.0 Å². The second kappa shape index (κ2) is 9.89. The van der Waals surface area contributed by atoms with Gasteiger partial charge in [-0.2, -0.15) is 0 Å². The first-order valence-electron chi connectivity index (χ1n) is 12.3. The number of hydrogen-bond acceptors (Lipinski definition) is 5. The topological polar surface area (TPSA) is 123 Å². The summed E-state index contributed by atoms with van der Waals surface area (Å²) in [5.41, 5.74) is 1.30. The van der Waals surface area contributed by atoms with Crippen LogP contribution in [0.4, 0.5) is 4.79 Å². The van der Waals surface area contributed by atoms with Crippen molar-refractivity contribution < 1.29 is 29.3 Å². The molecule has 1 amide bonds. The van der Waals surface area contributed by atoms with E-state index in [4.69, 9.17) is 4.74 Å². The molecule has 0 bridgehead atoms. The predicted molar refractivity (Wildman–Crippen MR) is 131 cm³/mol. The number of nitrogens with one attached hydrogen (secondary N) is 1. The molecule has 9 nitrogen and oxygen atoms in total. The summed E-state index contributed by atoms with van der Waals surface area (Å²) in [7, 11) is 0. The van der Waals surface area contributed by atoms with Gasteiger partial charge in [-0.05, 0) is 83.0 Å². The van der Waals surface area contributed by atoms with E-state index in [0.29, 0.717) is 51.9 Å². The third kappa shape index (κ3) is 5.45. The van der Waals surface area contributed by atoms with E-state index in [2.05, 4.69) is 4.98 Å². The van der Waals surface area contributed by atoms with E-state index in [1.54, 1.807) is 4.90 Å². The molecule has 2 aliphatic heterocycles. The lowest BCUT2D eigenvalue weighted by atomic mass is 9.83. The molecule has 3 N–H and O–H groups in total. The van der Waals surface area contributed by atoms with Gasteiger partial charge in [0, 0.05) is 24.0 Å². The van der Waals surface area contributed by atoms with Crippen molar-refractivity contribution in [3.8, 4) is 0 Å². The number of amides is 1. The van der Waals surface area contributed by atoms with Gasteiger partial charge in [0.2, 0.25) is 0 Å². The lowest BCUT2D eigenvalue weighted by molar-refractivity contribution is -0.147. The molecular formula is C26H35N3O6. The zero-order chi connectivity index (χ0) is 25.3.